The molecule has 6 heteroatoms. The molecule has 2 N–H and O–H groups in total. The van der Waals surface area contributed by atoms with Crippen LogP contribution in [0.5, 0.6) is 0 Å². The molecule has 1 aliphatic carbocycles. The van der Waals surface area contributed by atoms with E-state index in [4.69, 9.17) is 23.2 Å². The van der Waals surface area contributed by atoms with Crippen LogP contribution in [0, 0.1) is 5.92 Å². The van der Waals surface area contributed by atoms with E-state index in [1.807, 2.05) is 12.2 Å². The number of carbonyl (C=O) groups excluding carboxylic acids is 1. The van der Waals surface area contributed by atoms with Gasteiger partial charge in [-0.05, 0) is 43.0 Å². The number of hydrogen-bond acceptors (Lipinski definition) is 2. The van der Waals surface area contributed by atoms with Crippen LogP contribution in [-0.2, 0) is 16.0 Å². The molecule has 0 heterocycles. The number of aliphatic carboxylic acids is 1. The highest BCUT2D eigenvalue weighted by atomic mass is 35.5. The molecule has 0 saturated heterocycles. The van der Waals surface area contributed by atoms with Gasteiger partial charge in [0.15, 0.2) is 0 Å². The molecule has 0 aliphatic heterocycles. The second-order valence-electron chi connectivity index (χ2n) is 5.36. The third kappa shape index (κ3) is 4.75. The van der Waals surface area contributed by atoms with E-state index < -0.39 is 12.0 Å². The fourth-order valence-corrected chi connectivity index (χ4v) is 3.06. The Balaban J connectivity index is 2.04. The summed E-state index contributed by atoms with van der Waals surface area (Å²) in [5, 5.41) is 12.8. The molecule has 1 amide bonds. The maximum atomic E-state index is 12.2. The fourth-order valence-electron chi connectivity index (χ4n) is 2.49. The van der Waals surface area contributed by atoms with Gasteiger partial charge in [-0.1, -0.05) is 35.4 Å². The molecule has 0 saturated carbocycles. The van der Waals surface area contributed by atoms with Gasteiger partial charge in [-0.3, -0.25) is 4.79 Å². The van der Waals surface area contributed by atoms with Crippen molar-refractivity contribution in [3.63, 3.8) is 0 Å². The number of carbonyl (C=O) groups is 2. The van der Waals surface area contributed by atoms with Crippen LogP contribution in [0.3, 0.4) is 0 Å². The molecular weight excluding hydrogens is 325 g/mol. The van der Waals surface area contributed by atoms with Crippen molar-refractivity contribution < 1.29 is 14.7 Å². The first-order valence-electron chi connectivity index (χ1n) is 7.09. The molecule has 0 radical (unpaired) electrons. The van der Waals surface area contributed by atoms with Gasteiger partial charge in [-0.2, -0.15) is 0 Å². The third-order valence-electron chi connectivity index (χ3n) is 3.62. The zero-order valence-corrected chi connectivity index (χ0v) is 13.4. The molecule has 0 fully saturated rings. The summed E-state index contributed by atoms with van der Waals surface area (Å²) >= 11 is 11.8. The molecule has 2 atom stereocenters. The van der Waals surface area contributed by atoms with E-state index in [2.05, 4.69) is 5.32 Å². The van der Waals surface area contributed by atoms with Crippen molar-refractivity contribution in [2.24, 2.45) is 5.92 Å². The van der Waals surface area contributed by atoms with Crippen molar-refractivity contribution in [2.45, 2.75) is 31.7 Å². The first-order chi connectivity index (χ1) is 10.5. The summed E-state index contributed by atoms with van der Waals surface area (Å²) in [7, 11) is 0. The molecule has 4 nitrogen and oxygen atoms in total. The van der Waals surface area contributed by atoms with Crippen LogP contribution in [0.25, 0.3) is 0 Å². The number of amides is 1. The highest BCUT2D eigenvalue weighted by Gasteiger charge is 2.25. The van der Waals surface area contributed by atoms with E-state index in [1.165, 1.54) is 0 Å². The molecule has 22 heavy (non-hydrogen) atoms. The van der Waals surface area contributed by atoms with E-state index in [9.17, 15) is 14.7 Å². The second kappa shape index (κ2) is 7.65. The van der Waals surface area contributed by atoms with Gasteiger partial charge in [0.1, 0.15) is 6.04 Å². The lowest BCUT2D eigenvalue weighted by Gasteiger charge is -2.21. The number of rotatable bonds is 5. The van der Waals surface area contributed by atoms with E-state index in [1.54, 1.807) is 18.2 Å². The van der Waals surface area contributed by atoms with E-state index in [0.29, 0.717) is 22.0 Å². The van der Waals surface area contributed by atoms with Crippen LogP contribution < -0.4 is 5.32 Å². The van der Waals surface area contributed by atoms with Crippen molar-refractivity contribution in [3.05, 3.63) is 46.0 Å². The summed E-state index contributed by atoms with van der Waals surface area (Å²) in [6.45, 7) is 0. The number of halogens is 2. The van der Waals surface area contributed by atoms with Crippen LogP contribution in [0.4, 0.5) is 0 Å². The predicted octanol–water partition coefficient (Wildman–Crippen LogP) is 3.46. The Morgan fingerprint density at radius 3 is 2.45 bits per heavy atom. The Bertz CT molecular complexity index is 581. The maximum Gasteiger partial charge on any atom is 0.326 e. The minimum Gasteiger partial charge on any atom is -0.480 e. The van der Waals surface area contributed by atoms with E-state index in [-0.39, 0.29) is 18.2 Å². The van der Waals surface area contributed by atoms with Crippen LogP contribution in [0.1, 0.15) is 24.8 Å². The fraction of sp³-hybridized carbons (Fsp3) is 0.375. The SMILES string of the molecule is O=C(NC(Cc1cc(Cl)cc(Cl)c1)C(=O)O)C1CC=CCC1. The molecule has 0 bridgehead atoms. The molecule has 1 aliphatic rings. The number of hydrogen-bond donors (Lipinski definition) is 2. The lowest BCUT2D eigenvalue weighted by Crippen LogP contribution is -2.45. The summed E-state index contributed by atoms with van der Waals surface area (Å²) < 4.78 is 0. The molecule has 1 aromatic carbocycles. The highest BCUT2D eigenvalue weighted by Crippen LogP contribution is 2.21. The number of carboxylic acids is 1. The number of carboxylic acid groups (broad SMARTS) is 1. The zero-order valence-electron chi connectivity index (χ0n) is 11.9. The minimum atomic E-state index is -1.07. The van der Waals surface area contributed by atoms with Crippen LogP contribution >= 0.6 is 23.2 Å². The molecular formula is C16H17Cl2NO3. The largest absolute Gasteiger partial charge is 0.480 e. The van der Waals surface area contributed by atoms with E-state index >= 15 is 0 Å². The number of benzene rings is 1. The smallest absolute Gasteiger partial charge is 0.326 e. The molecule has 2 unspecified atom stereocenters. The monoisotopic (exact) mass is 341 g/mol. The maximum absolute atomic E-state index is 12.2. The third-order valence-corrected chi connectivity index (χ3v) is 4.05. The van der Waals surface area contributed by atoms with Gasteiger partial charge < -0.3 is 10.4 Å². The molecule has 2 rings (SSSR count). The van der Waals surface area contributed by atoms with Crippen LogP contribution in [0.2, 0.25) is 10.0 Å². The summed E-state index contributed by atoms with van der Waals surface area (Å²) in [5.41, 5.74) is 0.675. The van der Waals surface area contributed by atoms with Crippen molar-refractivity contribution in [3.8, 4) is 0 Å². The van der Waals surface area contributed by atoms with Gasteiger partial charge in [0.25, 0.3) is 0 Å². The summed E-state index contributed by atoms with van der Waals surface area (Å²) in [6, 6.07) is 3.89. The van der Waals surface area contributed by atoms with Gasteiger partial charge in [-0.15, -0.1) is 0 Å². The Labute approximate surface area is 139 Å². The summed E-state index contributed by atoms with van der Waals surface area (Å²) in [5.74, 6) is -1.45. The summed E-state index contributed by atoms with van der Waals surface area (Å²) in [4.78, 5) is 23.6. The molecule has 118 valence electrons. The Hall–Kier alpha value is -1.52. The lowest BCUT2D eigenvalue weighted by molar-refractivity contribution is -0.142. The second-order valence-corrected chi connectivity index (χ2v) is 6.24. The Morgan fingerprint density at radius 1 is 1.23 bits per heavy atom. The lowest BCUT2D eigenvalue weighted by atomic mass is 9.93. The van der Waals surface area contributed by atoms with Gasteiger partial charge in [0.2, 0.25) is 5.91 Å². The number of allylic oxidation sites excluding steroid dienone is 2. The predicted molar refractivity (Wildman–Crippen MR) is 86.2 cm³/mol. The highest BCUT2D eigenvalue weighted by molar-refractivity contribution is 6.34. The van der Waals surface area contributed by atoms with Crippen molar-refractivity contribution in [1.82, 2.24) is 5.32 Å². The average molecular weight is 342 g/mol. The molecule has 0 aromatic heterocycles. The summed E-state index contributed by atoms with van der Waals surface area (Å²) in [6.07, 6.45) is 6.38. The van der Waals surface area contributed by atoms with Crippen LogP contribution in [-0.4, -0.2) is 23.0 Å². The quantitative estimate of drug-likeness (QED) is 0.806. The van der Waals surface area contributed by atoms with Crippen molar-refractivity contribution >= 4 is 35.1 Å². The Morgan fingerprint density at radius 2 is 1.91 bits per heavy atom. The standard InChI is InChI=1S/C16H17Cl2NO3/c17-12-6-10(7-13(18)9-12)8-14(16(21)22)19-15(20)11-4-2-1-3-5-11/h1-2,6-7,9,11,14H,3-5,8H2,(H,19,20)(H,21,22). The minimum absolute atomic E-state index is 0.143. The average Bonchev–Trinajstić information content (AvgIpc) is 2.46. The van der Waals surface area contributed by atoms with Crippen molar-refractivity contribution in [2.75, 3.05) is 0 Å². The molecule has 0 spiro atoms. The van der Waals surface area contributed by atoms with E-state index in [0.717, 1.165) is 12.8 Å². The number of nitrogens with one attached hydrogen (secondary N) is 1. The molecule has 1 aromatic rings. The van der Waals surface area contributed by atoms with Crippen molar-refractivity contribution in [1.29, 1.82) is 0 Å². The van der Waals surface area contributed by atoms with Gasteiger partial charge in [0, 0.05) is 22.4 Å². The topological polar surface area (TPSA) is 66.4 Å². The first-order valence-corrected chi connectivity index (χ1v) is 7.84. The van der Waals surface area contributed by atoms with Crippen LogP contribution in [0.15, 0.2) is 30.4 Å². The normalized spacial score (nSPS) is 18.7. The zero-order chi connectivity index (χ0) is 16.1. The first kappa shape index (κ1) is 16.8. The Kier molecular flexibility index (Phi) is 5.86. The van der Waals surface area contributed by atoms with Gasteiger partial charge in [-0.25, -0.2) is 4.79 Å². The van der Waals surface area contributed by atoms with Gasteiger partial charge in [0.05, 0.1) is 0 Å². The van der Waals surface area contributed by atoms with Gasteiger partial charge >= 0.3 is 5.97 Å².